The third-order valence-electron chi connectivity index (χ3n) is 2.48. The molecule has 0 atom stereocenters. The van der Waals surface area contributed by atoms with Gasteiger partial charge in [0, 0.05) is 5.54 Å². The summed E-state index contributed by atoms with van der Waals surface area (Å²) in [5.74, 6) is 0. The molecule has 0 amide bonds. The van der Waals surface area contributed by atoms with Crippen LogP contribution in [0.3, 0.4) is 0 Å². The fraction of sp³-hybridized carbons (Fsp3) is 1.00. The average molecular weight is 222 g/mol. The summed E-state index contributed by atoms with van der Waals surface area (Å²) >= 11 is 0. The van der Waals surface area contributed by atoms with E-state index in [9.17, 15) is 0 Å². The van der Waals surface area contributed by atoms with E-state index in [0.29, 0.717) is 6.04 Å². The molecule has 0 heterocycles. The van der Waals surface area contributed by atoms with Crippen molar-refractivity contribution in [2.24, 2.45) is 0 Å². The molecule has 0 spiro atoms. The number of rotatable bonds is 4. The molecule has 1 rings (SSSR count). The maximum Gasteiger partial charge on any atom is 1.00 e. The van der Waals surface area contributed by atoms with Crippen LogP contribution in [0, 0.1) is 0 Å². The minimum atomic E-state index is 0. The quantitative estimate of drug-likeness (QED) is 0.513. The molecule has 1 aliphatic rings. The van der Waals surface area contributed by atoms with Crippen LogP contribution >= 0.6 is 0 Å². The van der Waals surface area contributed by atoms with Gasteiger partial charge in [-0.15, -0.1) is 12.6 Å². The van der Waals surface area contributed by atoms with Crippen LogP contribution in [0.4, 0.5) is 0 Å². The molecular formula is C11H23KN2. The standard InChI is InChI=1S/C11H23N2.K/c1-11(2,3)13-9-8-12-10-6-4-5-7-10;/h10,13H,4-9H2,1-3H3;/q-1;+1. The molecule has 78 valence electrons. The van der Waals surface area contributed by atoms with Crippen LogP contribution in [0.2, 0.25) is 0 Å². The van der Waals surface area contributed by atoms with E-state index >= 15 is 0 Å². The molecule has 0 saturated heterocycles. The summed E-state index contributed by atoms with van der Waals surface area (Å²) in [6.07, 6.45) is 5.44. The van der Waals surface area contributed by atoms with Gasteiger partial charge in [-0.1, -0.05) is 25.7 Å². The molecule has 0 aliphatic heterocycles. The summed E-state index contributed by atoms with van der Waals surface area (Å²) in [6, 6.07) is 0.682. The van der Waals surface area contributed by atoms with Crippen molar-refractivity contribution in [3.05, 3.63) is 5.32 Å². The normalized spacial score (nSPS) is 18.2. The first kappa shape index (κ1) is 15.6. The second kappa shape index (κ2) is 7.77. The Morgan fingerprint density at radius 3 is 2.29 bits per heavy atom. The van der Waals surface area contributed by atoms with E-state index in [1.54, 1.807) is 0 Å². The summed E-state index contributed by atoms with van der Waals surface area (Å²) in [7, 11) is 0. The molecule has 0 bridgehead atoms. The second-order valence-corrected chi connectivity index (χ2v) is 5.02. The van der Waals surface area contributed by atoms with Crippen LogP contribution in [0.15, 0.2) is 0 Å². The minimum absolute atomic E-state index is 0. The Kier molecular flexibility index (Phi) is 8.63. The number of nitrogens with one attached hydrogen (secondary N) is 1. The third kappa shape index (κ3) is 7.80. The van der Waals surface area contributed by atoms with Crippen molar-refractivity contribution in [1.82, 2.24) is 5.32 Å². The number of hydrogen-bond acceptors (Lipinski definition) is 1. The van der Waals surface area contributed by atoms with Crippen molar-refractivity contribution in [3.8, 4) is 0 Å². The topological polar surface area (TPSA) is 26.1 Å². The van der Waals surface area contributed by atoms with Crippen molar-refractivity contribution >= 4 is 0 Å². The predicted octanol–water partition coefficient (Wildman–Crippen LogP) is -0.305. The van der Waals surface area contributed by atoms with Gasteiger partial charge in [0.2, 0.25) is 0 Å². The maximum absolute atomic E-state index is 4.66. The zero-order valence-corrected chi connectivity index (χ0v) is 13.4. The summed E-state index contributed by atoms with van der Waals surface area (Å²) in [5, 5.41) is 8.12. The Hall–Kier alpha value is 1.56. The minimum Gasteiger partial charge on any atom is -0.658 e. The number of nitrogens with zero attached hydrogens (tertiary/aromatic N) is 1. The Bertz CT molecular complexity index is 137. The molecule has 0 aromatic rings. The van der Waals surface area contributed by atoms with Crippen molar-refractivity contribution in [1.29, 1.82) is 0 Å². The van der Waals surface area contributed by atoms with E-state index in [2.05, 4.69) is 31.4 Å². The zero-order chi connectivity index (χ0) is 9.73. The SMILES string of the molecule is CC(C)(C)NCC[N-]C1CCCC1.[K+]. The van der Waals surface area contributed by atoms with Crippen LogP contribution in [0.5, 0.6) is 0 Å². The first-order valence-electron chi connectivity index (χ1n) is 5.49. The van der Waals surface area contributed by atoms with Gasteiger partial charge >= 0.3 is 51.4 Å². The van der Waals surface area contributed by atoms with Gasteiger partial charge < -0.3 is 10.6 Å². The fourth-order valence-electron chi connectivity index (χ4n) is 1.76. The number of hydrogen-bond donors (Lipinski definition) is 1. The molecule has 14 heavy (non-hydrogen) atoms. The molecule has 0 aromatic heterocycles. The monoisotopic (exact) mass is 222 g/mol. The molecule has 2 nitrogen and oxygen atoms in total. The van der Waals surface area contributed by atoms with Gasteiger partial charge in [0.15, 0.2) is 0 Å². The average Bonchev–Trinajstić information content (AvgIpc) is 2.48. The molecule has 0 aromatic carbocycles. The van der Waals surface area contributed by atoms with E-state index in [1.807, 2.05) is 0 Å². The van der Waals surface area contributed by atoms with Crippen LogP contribution < -0.4 is 56.7 Å². The zero-order valence-electron chi connectivity index (χ0n) is 10.3. The molecule has 1 N–H and O–H groups in total. The summed E-state index contributed by atoms with van der Waals surface area (Å²) in [5.41, 5.74) is 0.241. The summed E-state index contributed by atoms with van der Waals surface area (Å²) < 4.78 is 0. The van der Waals surface area contributed by atoms with Gasteiger partial charge in [0.1, 0.15) is 0 Å². The van der Waals surface area contributed by atoms with Crippen LogP contribution in [-0.4, -0.2) is 24.7 Å². The molecule has 1 aliphatic carbocycles. The Balaban J connectivity index is 0.00000169. The van der Waals surface area contributed by atoms with Gasteiger partial charge in [0.25, 0.3) is 0 Å². The largest absolute Gasteiger partial charge is 1.00 e. The Morgan fingerprint density at radius 1 is 1.21 bits per heavy atom. The van der Waals surface area contributed by atoms with Crippen LogP contribution in [0.1, 0.15) is 46.5 Å². The Morgan fingerprint density at radius 2 is 1.79 bits per heavy atom. The van der Waals surface area contributed by atoms with Gasteiger partial charge in [-0.25, -0.2) is 0 Å². The van der Waals surface area contributed by atoms with E-state index in [4.69, 9.17) is 0 Å². The predicted molar refractivity (Wildman–Crippen MR) is 58.2 cm³/mol. The van der Waals surface area contributed by atoms with Gasteiger partial charge in [-0.2, -0.15) is 0 Å². The molecule has 0 radical (unpaired) electrons. The van der Waals surface area contributed by atoms with E-state index < -0.39 is 0 Å². The van der Waals surface area contributed by atoms with Crippen molar-refractivity contribution in [2.75, 3.05) is 13.1 Å². The van der Waals surface area contributed by atoms with E-state index in [0.717, 1.165) is 13.1 Å². The third-order valence-corrected chi connectivity index (χ3v) is 2.48. The molecule has 3 heteroatoms. The van der Waals surface area contributed by atoms with Crippen molar-refractivity contribution < 1.29 is 51.4 Å². The van der Waals surface area contributed by atoms with Crippen LogP contribution in [-0.2, 0) is 0 Å². The van der Waals surface area contributed by atoms with Crippen LogP contribution in [0.25, 0.3) is 5.32 Å². The van der Waals surface area contributed by atoms with Crippen molar-refractivity contribution in [3.63, 3.8) is 0 Å². The first-order valence-corrected chi connectivity index (χ1v) is 5.49. The van der Waals surface area contributed by atoms with E-state index in [-0.39, 0.29) is 56.9 Å². The summed E-state index contributed by atoms with van der Waals surface area (Å²) in [6.45, 7) is 8.61. The smallest absolute Gasteiger partial charge is 0.658 e. The second-order valence-electron chi connectivity index (χ2n) is 5.02. The molecular weight excluding hydrogens is 199 g/mol. The van der Waals surface area contributed by atoms with E-state index in [1.165, 1.54) is 25.7 Å². The molecule has 0 unspecified atom stereocenters. The summed E-state index contributed by atoms with van der Waals surface area (Å²) in [4.78, 5) is 0. The first-order chi connectivity index (χ1) is 6.08. The maximum atomic E-state index is 4.66. The van der Waals surface area contributed by atoms with Gasteiger partial charge in [0.05, 0.1) is 0 Å². The van der Waals surface area contributed by atoms with Gasteiger partial charge in [-0.05, 0) is 27.3 Å². The van der Waals surface area contributed by atoms with Crippen molar-refractivity contribution in [2.45, 2.75) is 58.0 Å². The van der Waals surface area contributed by atoms with Gasteiger partial charge in [-0.3, -0.25) is 0 Å². The molecule has 1 fully saturated rings. The fourth-order valence-corrected chi connectivity index (χ4v) is 1.76. The Labute approximate surface area is 131 Å². The molecule has 1 saturated carbocycles.